The maximum Gasteiger partial charge on any atom is 0.232 e. The summed E-state index contributed by atoms with van der Waals surface area (Å²) >= 11 is 0. The van der Waals surface area contributed by atoms with Gasteiger partial charge in [0, 0.05) is 5.56 Å². The second-order valence-corrected chi connectivity index (χ2v) is 4.18. The molecule has 2 aromatic rings. The van der Waals surface area contributed by atoms with Gasteiger partial charge in [-0.3, -0.25) is 4.79 Å². The Labute approximate surface area is 109 Å². The summed E-state index contributed by atoms with van der Waals surface area (Å²) in [5, 5.41) is 19.0. The zero-order valence-corrected chi connectivity index (χ0v) is 9.83. The number of hydrogen-bond donors (Lipinski definition) is 2. The van der Waals surface area contributed by atoms with Crippen LogP contribution in [0.5, 0.6) is 17.2 Å². The molecule has 0 aromatic heterocycles. The molecule has 1 aliphatic rings. The van der Waals surface area contributed by atoms with Crippen LogP contribution in [0.4, 0.5) is 0 Å². The minimum Gasteiger partial charge on any atom is -0.508 e. The summed E-state index contributed by atoms with van der Waals surface area (Å²) in [4.78, 5) is 12.1. The molecule has 0 aliphatic carbocycles. The average Bonchev–Trinajstić information content (AvgIpc) is 2.70. The molecule has 0 spiro atoms. The molecule has 0 saturated heterocycles. The number of fused-ring (bicyclic) bond motifs is 1. The van der Waals surface area contributed by atoms with Gasteiger partial charge in [-0.1, -0.05) is 18.2 Å². The summed E-state index contributed by atoms with van der Waals surface area (Å²) in [5.41, 5.74) is 0.824. The molecule has 94 valence electrons. The molecule has 1 aliphatic heterocycles. The van der Waals surface area contributed by atoms with Crippen molar-refractivity contribution in [1.82, 2.24) is 0 Å². The minimum atomic E-state index is -0.311. The summed E-state index contributed by atoms with van der Waals surface area (Å²) < 4.78 is 5.42. The maximum absolute atomic E-state index is 12.1. The standard InChI is InChI=1S/C15H10O4/c16-10-5-6-13-11(8-10)15(18)14(19-13)7-9-3-1-2-4-12(9)17/h1-8,16-17H. The number of aromatic hydroxyl groups is 2. The Morgan fingerprint density at radius 3 is 2.63 bits per heavy atom. The number of phenolic OH excluding ortho intramolecular Hbond substituents is 2. The topological polar surface area (TPSA) is 66.8 Å². The van der Waals surface area contributed by atoms with E-state index in [1.54, 1.807) is 18.2 Å². The Morgan fingerprint density at radius 1 is 1.05 bits per heavy atom. The van der Waals surface area contributed by atoms with E-state index in [1.165, 1.54) is 30.3 Å². The van der Waals surface area contributed by atoms with Gasteiger partial charge in [0.1, 0.15) is 17.2 Å². The fourth-order valence-corrected chi connectivity index (χ4v) is 1.93. The Hall–Kier alpha value is -2.75. The van der Waals surface area contributed by atoms with Crippen molar-refractivity contribution in [3.05, 3.63) is 59.4 Å². The number of Topliss-reactive ketones (excluding diaryl/α,β-unsaturated/α-hetero) is 1. The van der Waals surface area contributed by atoms with E-state index >= 15 is 0 Å². The normalized spacial score (nSPS) is 15.4. The molecule has 3 rings (SSSR count). The summed E-state index contributed by atoms with van der Waals surface area (Å²) in [6, 6.07) is 11.0. The van der Waals surface area contributed by atoms with Gasteiger partial charge in [-0.05, 0) is 30.3 Å². The van der Waals surface area contributed by atoms with Crippen LogP contribution in [0.2, 0.25) is 0 Å². The SMILES string of the molecule is O=C1C(=Cc2ccccc2O)Oc2ccc(O)cc21. The van der Waals surface area contributed by atoms with Gasteiger partial charge >= 0.3 is 0 Å². The molecule has 0 fully saturated rings. The molecule has 0 radical (unpaired) electrons. The number of ketones is 1. The highest BCUT2D eigenvalue weighted by molar-refractivity contribution is 6.14. The third-order valence-electron chi connectivity index (χ3n) is 2.87. The van der Waals surface area contributed by atoms with Crippen molar-refractivity contribution in [3.63, 3.8) is 0 Å². The monoisotopic (exact) mass is 254 g/mol. The van der Waals surface area contributed by atoms with Gasteiger partial charge < -0.3 is 14.9 Å². The highest BCUT2D eigenvalue weighted by Crippen LogP contribution is 2.34. The van der Waals surface area contributed by atoms with Crippen LogP contribution in [0.1, 0.15) is 15.9 Å². The zero-order valence-electron chi connectivity index (χ0n) is 9.83. The molecular weight excluding hydrogens is 244 g/mol. The van der Waals surface area contributed by atoms with Gasteiger partial charge in [-0.15, -0.1) is 0 Å². The molecule has 4 heteroatoms. The number of rotatable bonds is 1. The Balaban J connectivity index is 2.03. The fourth-order valence-electron chi connectivity index (χ4n) is 1.93. The smallest absolute Gasteiger partial charge is 0.232 e. The van der Waals surface area contributed by atoms with Gasteiger partial charge in [0.05, 0.1) is 5.56 Å². The van der Waals surface area contributed by atoms with Gasteiger partial charge in [-0.2, -0.15) is 0 Å². The van der Waals surface area contributed by atoms with Crippen LogP contribution in [-0.4, -0.2) is 16.0 Å². The van der Waals surface area contributed by atoms with E-state index in [-0.39, 0.29) is 23.0 Å². The van der Waals surface area contributed by atoms with E-state index < -0.39 is 0 Å². The van der Waals surface area contributed by atoms with Crippen LogP contribution in [-0.2, 0) is 0 Å². The molecule has 0 amide bonds. The van der Waals surface area contributed by atoms with Crippen LogP contribution in [0.3, 0.4) is 0 Å². The van der Waals surface area contributed by atoms with Crippen molar-refractivity contribution in [1.29, 1.82) is 0 Å². The van der Waals surface area contributed by atoms with E-state index in [9.17, 15) is 15.0 Å². The largest absolute Gasteiger partial charge is 0.508 e. The number of hydrogen-bond acceptors (Lipinski definition) is 4. The van der Waals surface area contributed by atoms with Crippen LogP contribution in [0.15, 0.2) is 48.2 Å². The average molecular weight is 254 g/mol. The minimum absolute atomic E-state index is 0.0134. The molecule has 4 nitrogen and oxygen atoms in total. The van der Waals surface area contributed by atoms with E-state index in [0.29, 0.717) is 16.9 Å². The third-order valence-corrected chi connectivity index (χ3v) is 2.87. The summed E-state index contributed by atoms with van der Waals surface area (Å²) in [6.45, 7) is 0. The highest BCUT2D eigenvalue weighted by atomic mass is 16.5. The van der Waals surface area contributed by atoms with Gasteiger partial charge in [0.2, 0.25) is 5.78 Å². The lowest BCUT2D eigenvalue weighted by Crippen LogP contribution is -1.98. The van der Waals surface area contributed by atoms with Gasteiger partial charge in [-0.25, -0.2) is 0 Å². The number of phenols is 2. The molecule has 2 N–H and O–H groups in total. The van der Waals surface area contributed by atoms with Gasteiger partial charge in [0.25, 0.3) is 0 Å². The molecule has 0 atom stereocenters. The van der Waals surface area contributed by atoms with Crippen LogP contribution >= 0.6 is 0 Å². The number of allylic oxidation sites excluding steroid dienone is 1. The Kier molecular flexibility index (Phi) is 2.49. The number of carbonyl (C=O) groups excluding carboxylic acids is 1. The quantitative estimate of drug-likeness (QED) is 0.768. The molecule has 2 aromatic carbocycles. The van der Waals surface area contributed by atoms with Crippen LogP contribution in [0.25, 0.3) is 6.08 Å². The first kappa shape index (κ1) is 11.3. The lowest BCUT2D eigenvalue weighted by atomic mass is 10.1. The first-order chi connectivity index (χ1) is 9.15. The first-order valence-electron chi connectivity index (χ1n) is 5.70. The van der Waals surface area contributed by atoms with Gasteiger partial charge in [0.15, 0.2) is 5.76 Å². The zero-order chi connectivity index (χ0) is 13.4. The number of para-hydroxylation sites is 1. The molecule has 0 unspecified atom stereocenters. The number of carbonyl (C=O) groups is 1. The Bertz CT molecular complexity index is 701. The summed E-state index contributed by atoms with van der Waals surface area (Å²) in [5.74, 6) is 0.311. The molecule has 0 saturated carbocycles. The molecule has 1 heterocycles. The molecule has 0 bridgehead atoms. The highest BCUT2D eigenvalue weighted by Gasteiger charge is 2.27. The summed E-state index contributed by atoms with van der Waals surface area (Å²) in [7, 11) is 0. The van der Waals surface area contributed by atoms with Crippen molar-refractivity contribution in [2.75, 3.05) is 0 Å². The predicted molar refractivity (Wildman–Crippen MR) is 69.1 cm³/mol. The Morgan fingerprint density at radius 2 is 1.84 bits per heavy atom. The number of benzene rings is 2. The first-order valence-corrected chi connectivity index (χ1v) is 5.70. The predicted octanol–water partition coefficient (Wildman–Crippen LogP) is 2.71. The summed E-state index contributed by atoms with van der Waals surface area (Å²) in [6.07, 6.45) is 1.48. The molecular formula is C15H10O4. The van der Waals surface area contributed by atoms with E-state index in [2.05, 4.69) is 0 Å². The van der Waals surface area contributed by atoms with E-state index in [1.807, 2.05) is 0 Å². The maximum atomic E-state index is 12.1. The van der Waals surface area contributed by atoms with Crippen molar-refractivity contribution < 1.29 is 19.7 Å². The van der Waals surface area contributed by atoms with E-state index in [0.717, 1.165) is 0 Å². The second-order valence-electron chi connectivity index (χ2n) is 4.18. The van der Waals surface area contributed by atoms with Crippen molar-refractivity contribution in [2.24, 2.45) is 0 Å². The van der Waals surface area contributed by atoms with Crippen molar-refractivity contribution in [3.8, 4) is 17.2 Å². The second kappa shape index (κ2) is 4.17. The number of ether oxygens (including phenoxy) is 1. The lowest BCUT2D eigenvalue weighted by Gasteiger charge is -2.00. The fraction of sp³-hybridized carbons (Fsp3) is 0. The molecule has 19 heavy (non-hydrogen) atoms. The lowest BCUT2D eigenvalue weighted by molar-refractivity contribution is 0.101. The third kappa shape index (κ3) is 1.93. The van der Waals surface area contributed by atoms with Crippen molar-refractivity contribution in [2.45, 2.75) is 0 Å². The van der Waals surface area contributed by atoms with Crippen LogP contribution in [0, 0.1) is 0 Å². The van der Waals surface area contributed by atoms with Crippen LogP contribution < -0.4 is 4.74 Å². The van der Waals surface area contributed by atoms with E-state index in [4.69, 9.17) is 4.74 Å². The van der Waals surface area contributed by atoms with Crippen molar-refractivity contribution >= 4 is 11.9 Å².